The van der Waals surface area contributed by atoms with E-state index in [0.29, 0.717) is 28.5 Å². The highest BCUT2D eigenvalue weighted by molar-refractivity contribution is 6.12. The lowest BCUT2D eigenvalue weighted by Crippen LogP contribution is -2.15. The van der Waals surface area contributed by atoms with Gasteiger partial charge in [-0.05, 0) is 19.1 Å². The average Bonchev–Trinajstić information content (AvgIpc) is 2.91. The number of anilines is 2. The van der Waals surface area contributed by atoms with E-state index in [4.69, 9.17) is 10.4 Å². The van der Waals surface area contributed by atoms with Gasteiger partial charge in [-0.25, -0.2) is 10.8 Å². The number of nitrogens with two attached hydrogens (primary N) is 1. The lowest BCUT2D eigenvalue weighted by molar-refractivity contribution is 0.102. The number of benzene rings is 1. The number of fused-ring (bicyclic) bond motifs is 1. The first-order valence-corrected chi connectivity index (χ1v) is 6.28. The number of carbonyl (C=O) groups excluding carboxylic acids is 1. The normalized spacial score (nSPS) is 10.6. The Labute approximate surface area is 120 Å². The molecule has 0 aliphatic heterocycles. The first-order chi connectivity index (χ1) is 10.2. The van der Waals surface area contributed by atoms with Gasteiger partial charge in [-0.3, -0.25) is 10.1 Å². The smallest absolute Gasteiger partial charge is 0.258 e. The number of nitrogen functional groups attached to an aromatic ring is 1. The van der Waals surface area contributed by atoms with Crippen LogP contribution in [-0.4, -0.2) is 16.0 Å². The topological polar surface area (TPSA) is 106 Å². The Morgan fingerprint density at radius 2 is 2.10 bits per heavy atom. The van der Waals surface area contributed by atoms with Crippen molar-refractivity contribution in [3.63, 3.8) is 0 Å². The van der Waals surface area contributed by atoms with E-state index in [1.165, 1.54) is 0 Å². The van der Waals surface area contributed by atoms with Gasteiger partial charge in [0.15, 0.2) is 0 Å². The van der Waals surface area contributed by atoms with Crippen molar-refractivity contribution < 1.29 is 9.32 Å². The molecule has 0 unspecified atom stereocenters. The Morgan fingerprint density at radius 1 is 1.29 bits per heavy atom. The van der Waals surface area contributed by atoms with Gasteiger partial charge in [0.2, 0.25) is 5.88 Å². The van der Waals surface area contributed by atoms with Crippen molar-refractivity contribution in [2.75, 3.05) is 10.7 Å². The fourth-order valence-corrected chi connectivity index (χ4v) is 2.04. The number of carbonyl (C=O) groups is 1. The maximum Gasteiger partial charge on any atom is 0.258 e. The zero-order valence-electron chi connectivity index (χ0n) is 11.3. The summed E-state index contributed by atoms with van der Waals surface area (Å²) in [5.74, 6) is 5.78. The third-order valence-corrected chi connectivity index (χ3v) is 2.97. The van der Waals surface area contributed by atoms with Crippen LogP contribution in [0.4, 0.5) is 11.7 Å². The van der Waals surface area contributed by atoms with Gasteiger partial charge in [-0.2, -0.15) is 0 Å². The van der Waals surface area contributed by atoms with Gasteiger partial charge < -0.3 is 9.95 Å². The standard InChI is InChI=1S/C14H13N5O2/c1-8-6-13(21-19-8)17-14(20)10-7-12(18-15)16-11-5-3-2-4-9(10)11/h2-7H,15H2,1H3,(H,16,18)(H,17,20). The number of hydrogen-bond donors (Lipinski definition) is 3. The number of aryl methyl sites for hydroxylation is 1. The second kappa shape index (κ2) is 5.22. The number of hydrazine groups is 1. The maximum atomic E-state index is 12.4. The van der Waals surface area contributed by atoms with Crippen LogP contribution in [0.5, 0.6) is 0 Å². The zero-order chi connectivity index (χ0) is 14.8. The molecule has 4 N–H and O–H groups in total. The summed E-state index contributed by atoms with van der Waals surface area (Å²) in [6.45, 7) is 1.78. The van der Waals surface area contributed by atoms with Crippen molar-refractivity contribution in [3.05, 3.63) is 47.7 Å². The number of para-hydroxylation sites is 1. The molecule has 3 rings (SSSR count). The molecule has 1 aromatic carbocycles. The summed E-state index contributed by atoms with van der Waals surface area (Å²) >= 11 is 0. The molecular formula is C14H13N5O2. The van der Waals surface area contributed by atoms with Gasteiger partial charge in [0.05, 0.1) is 16.8 Å². The van der Waals surface area contributed by atoms with Crippen molar-refractivity contribution in [1.82, 2.24) is 10.1 Å². The molecule has 0 saturated carbocycles. The minimum absolute atomic E-state index is 0.292. The molecule has 1 amide bonds. The predicted octanol–water partition coefficient (Wildman–Crippen LogP) is 2.07. The third-order valence-electron chi connectivity index (χ3n) is 2.97. The van der Waals surface area contributed by atoms with E-state index >= 15 is 0 Å². The number of rotatable bonds is 3. The number of nitrogens with one attached hydrogen (secondary N) is 2. The molecule has 2 heterocycles. The Hall–Kier alpha value is -2.93. The van der Waals surface area contributed by atoms with Crippen LogP contribution in [0.25, 0.3) is 10.9 Å². The molecule has 0 fully saturated rings. The van der Waals surface area contributed by atoms with Crippen LogP contribution in [0.2, 0.25) is 0 Å². The zero-order valence-corrected chi connectivity index (χ0v) is 11.3. The molecule has 21 heavy (non-hydrogen) atoms. The van der Waals surface area contributed by atoms with Crippen LogP contribution in [0.15, 0.2) is 40.9 Å². The highest BCUT2D eigenvalue weighted by atomic mass is 16.5. The van der Waals surface area contributed by atoms with E-state index in [1.807, 2.05) is 24.3 Å². The summed E-state index contributed by atoms with van der Waals surface area (Å²) < 4.78 is 4.99. The third kappa shape index (κ3) is 2.54. The summed E-state index contributed by atoms with van der Waals surface area (Å²) in [4.78, 5) is 16.7. The Bertz CT molecular complexity index is 812. The van der Waals surface area contributed by atoms with Crippen LogP contribution < -0.4 is 16.6 Å². The molecular weight excluding hydrogens is 270 g/mol. The summed E-state index contributed by atoms with van der Waals surface area (Å²) in [5, 5.41) is 7.11. The molecule has 0 saturated heterocycles. The molecule has 0 radical (unpaired) electrons. The highest BCUT2D eigenvalue weighted by Gasteiger charge is 2.14. The monoisotopic (exact) mass is 283 g/mol. The van der Waals surface area contributed by atoms with E-state index in [0.717, 1.165) is 5.39 Å². The van der Waals surface area contributed by atoms with E-state index in [2.05, 4.69) is 20.9 Å². The van der Waals surface area contributed by atoms with Gasteiger partial charge >= 0.3 is 0 Å². The summed E-state index contributed by atoms with van der Waals surface area (Å²) in [6, 6.07) is 10.5. The van der Waals surface area contributed by atoms with Gasteiger partial charge in [-0.15, -0.1) is 0 Å². The number of aromatic nitrogens is 2. The number of nitrogens with zero attached hydrogens (tertiary/aromatic N) is 2. The number of hydrogen-bond acceptors (Lipinski definition) is 6. The van der Waals surface area contributed by atoms with Gasteiger partial charge in [0.1, 0.15) is 5.82 Å². The molecule has 0 aliphatic carbocycles. The largest absolute Gasteiger partial charge is 0.338 e. The first-order valence-electron chi connectivity index (χ1n) is 6.28. The van der Waals surface area contributed by atoms with Crippen LogP contribution in [0, 0.1) is 6.92 Å². The predicted molar refractivity (Wildman–Crippen MR) is 78.7 cm³/mol. The molecule has 0 bridgehead atoms. The lowest BCUT2D eigenvalue weighted by atomic mass is 10.1. The second-order valence-corrected chi connectivity index (χ2v) is 4.50. The maximum absolute atomic E-state index is 12.4. The van der Waals surface area contributed by atoms with E-state index < -0.39 is 0 Å². The molecule has 0 atom stereocenters. The van der Waals surface area contributed by atoms with Crippen LogP contribution >= 0.6 is 0 Å². The molecule has 0 spiro atoms. The Balaban J connectivity index is 2.03. The SMILES string of the molecule is Cc1cc(NC(=O)c2cc(NN)nc3ccccc23)on1. The molecule has 3 aromatic rings. The minimum Gasteiger partial charge on any atom is -0.338 e. The quantitative estimate of drug-likeness (QED) is 0.502. The highest BCUT2D eigenvalue weighted by Crippen LogP contribution is 2.21. The molecule has 7 nitrogen and oxygen atoms in total. The molecule has 0 aliphatic rings. The van der Waals surface area contributed by atoms with Crippen LogP contribution in [0.1, 0.15) is 16.1 Å². The van der Waals surface area contributed by atoms with Crippen LogP contribution in [-0.2, 0) is 0 Å². The molecule has 2 aromatic heterocycles. The van der Waals surface area contributed by atoms with Gasteiger partial charge in [0.25, 0.3) is 5.91 Å². The average molecular weight is 283 g/mol. The number of amides is 1. The van der Waals surface area contributed by atoms with Crippen molar-refractivity contribution in [1.29, 1.82) is 0 Å². The Kier molecular flexibility index (Phi) is 3.25. The van der Waals surface area contributed by atoms with E-state index in [-0.39, 0.29) is 5.91 Å². The lowest BCUT2D eigenvalue weighted by Gasteiger charge is -2.08. The summed E-state index contributed by atoms with van der Waals surface area (Å²) in [5.41, 5.74) is 4.26. The molecule has 7 heteroatoms. The van der Waals surface area contributed by atoms with Crippen LogP contribution in [0.3, 0.4) is 0 Å². The van der Waals surface area contributed by atoms with Gasteiger partial charge in [0, 0.05) is 11.5 Å². The molecule has 106 valence electrons. The van der Waals surface area contributed by atoms with E-state index in [1.54, 1.807) is 19.1 Å². The Morgan fingerprint density at radius 3 is 2.81 bits per heavy atom. The minimum atomic E-state index is -0.318. The van der Waals surface area contributed by atoms with Gasteiger partial charge in [-0.1, -0.05) is 23.4 Å². The fraction of sp³-hybridized carbons (Fsp3) is 0.0714. The van der Waals surface area contributed by atoms with Crippen molar-refractivity contribution in [2.45, 2.75) is 6.92 Å². The van der Waals surface area contributed by atoms with E-state index in [9.17, 15) is 4.79 Å². The summed E-state index contributed by atoms with van der Waals surface area (Å²) in [7, 11) is 0. The van der Waals surface area contributed by atoms with Crippen molar-refractivity contribution in [3.8, 4) is 0 Å². The van der Waals surface area contributed by atoms with Crippen molar-refractivity contribution in [2.24, 2.45) is 5.84 Å². The number of pyridine rings is 1. The second-order valence-electron chi connectivity index (χ2n) is 4.50. The fourth-order valence-electron chi connectivity index (χ4n) is 2.04. The van der Waals surface area contributed by atoms with Crippen molar-refractivity contribution >= 4 is 28.5 Å². The first kappa shape index (κ1) is 13.1. The summed E-state index contributed by atoms with van der Waals surface area (Å²) in [6.07, 6.45) is 0.